The van der Waals surface area contributed by atoms with E-state index in [1.807, 2.05) is 49.4 Å². The van der Waals surface area contributed by atoms with Gasteiger partial charge in [0, 0.05) is 11.1 Å². The zero-order valence-electron chi connectivity index (χ0n) is 14.4. The van der Waals surface area contributed by atoms with Gasteiger partial charge in [0.25, 0.3) is 0 Å². The second-order valence-corrected chi connectivity index (χ2v) is 5.96. The largest absolute Gasteiger partial charge is 0.493 e. The molecule has 0 N–H and O–H groups in total. The van der Waals surface area contributed by atoms with Gasteiger partial charge in [0.15, 0.2) is 17.2 Å². The fourth-order valence-corrected chi connectivity index (χ4v) is 2.93. The van der Waals surface area contributed by atoms with Crippen molar-refractivity contribution in [2.75, 3.05) is 7.11 Å². The van der Waals surface area contributed by atoms with Crippen molar-refractivity contribution in [1.29, 1.82) is 0 Å². The number of benzene rings is 1. The highest BCUT2D eigenvalue weighted by Crippen LogP contribution is 2.21. The molecular weight excluding hydrogens is 312 g/mol. The number of hydrogen-bond donors (Lipinski definition) is 0. The molecular formula is C20H18N4O. The smallest absolute Gasteiger partial charge is 0.198 e. The molecule has 25 heavy (non-hydrogen) atoms. The Morgan fingerprint density at radius 2 is 1.84 bits per heavy atom. The summed E-state index contributed by atoms with van der Waals surface area (Å²) in [6.07, 6.45) is 3.82. The molecule has 0 atom stereocenters. The minimum Gasteiger partial charge on any atom is -0.493 e. The van der Waals surface area contributed by atoms with Gasteiger partial charge in [-0.1, -0.05) is 18.2 Å². The van der Waals surface area contributed by atoms with Crippen molar-refractivity contribution in [1.82, 2.24) is 19.6 Å². The molecule has 0 fully saturated rings. The van der Waals surface area contributed by atoms with Gasteiger partial charge in [-0.25, -0.2) is 14.5 Å². The van der Waals surface area contributed by atoms with Crippen molar-refractivity contribution in [3.8, 4) is 5.75 Å². The van der Waals surface area contributed by atoms with Gasteiger partial charge in [-0.3, -0.25) is 0 Å². The van der Waals surface area contributed by atoms with E-state index >= 15 is 0 Å². The van der Waals surface area contributed by atoms with Gasteiger partial charge in [0.2, 0.25) is 0 Å². The van der Waals surface area contributed by atoms with Gasteiger partial charge in [0.05, 0.1) is 18.3 Å². The summed E-state index contributed by atoms with van der Waals surface area (Å²) in [4.78, 5) is 9.24. The van der Waals surface area contributed by atoms with E-state index < -0.39 is 0 Å². The number of fused-ring (bicyclic) bond motifs is 2. The maximum Gasteiger partial charge on any atom is 0.198 e. The average Bonchev–Trinajstić information content (AvgIpc) is 3.06. The van der Waals surface area contributed by atoms with E-state index in [0.29, 0.717) is 17.2 Å². The molecule has 0 saturated carbocycles. The number of hydrogen-bond acceptors (Lipinski definition) is 4. The van der Waals surface area contributed by atoms with E-state index in [1.54, 1.807) is 11.6 Å². The minimum atomic E-state index is 0.625. The Hall–Kier alpha value is -3.21. The maximum atomic E-state index is 5.36. The van der Waals surface area contributed by atoms with Gasteiger partial charge in [-0.15, -0.1) is 5.10 Å². The van der Waals surface area contributed by atoms with Crippen molar-refractivity contribution >= 4 is 28.7 Å². The predicted octanol–water partition coefficient (Wildman–Crippen LogP) is 4.07. The SMILES string of the molecule is COc1ccc(C)n2nc(C=Cc3cc(C)c4ccccc4n3)nc12. The number of methoxy groups -OCH3 is 1. The summed E-state index contributed by atoms with van der Waals surface area (Å²) in [5, 5.41) is 5.70. The summed E-state index contributed by atoms with van der Waals surface area (Å²) in [6, 6.07) is 14.1. The molecule has 0 aliphatic carbocycles. The lowest BCUT2D eigenvalue weighted by Crippen LogP contribution is -1.95. The zero-order valence-corrected chi connectivity index (χ0v) is 14.4. The Morgan fingerprint density at radius 1 is 1.00 bits per heavy atom. The van der Waals surface area contributed by atoms with Gasteiger partial charge >= 0.3 is 0 Å². The van der Waals surface area contributed by atoms with Crippen LogP contribution in [0.4, 0.5) is 0 Å². The molecule has 0 unspecified atom stereocenters. The number of rotatable bonds is 3. The molecule has 5 heteroatoms. The first-order valence-electron chi connectivity index (χ1n) is 8.10. The van der Waals surface area contributed by atoms with Crippen LogP contribution in [0, 0.1) is 13.8 Å². The topological polar surface area (TPSA) is 52.3 Å². The summed E-state index contributed by atoms with van der Waals surface area (Å²) in [5.41, 5.74) is 4.79. The third-order valence-electron chi connectivity index (χ3n) is 4.22. The first-order chi connectivity index (χ1) is 12.2. The summed E-state index contributed by atoms with van der Waals surface area (Å²) in [6.45, 7) is 4.08. The summed E-state index contributed by atoms with van der Waals surface area (Å²) >= 11 is 0. The summed E-state index contributed by atoms with van der Waals surface area (Å²) < 4.78 is 7.15. The van der Waals surface area contributed by atoms with Crippen molar-refractivity contribution in [2.24, 2.45) is 0 Å². The molecule has 0 spiro atoms. The summed E-state index contributed by atoms with van der Waals surface area (Å²) in [5.74, 6) is 1.33. The molecule has 0 aliphatic heterocycles. The average molecular weight is 330 g/mol. The highest BCUT2D eigenvalue weighted by Gasteiger charge is 2.09. The van der Waals surface area contributed by atoms with Crippen molar-refractivity contribution in [2.45, 2.75) is 13.8 Å². The second kappa shape index (κ2) is 6.02. The molecule has 0 amide bonds. The van der Waals surface area contributed by atoms with Crippen LogP contribution in [-0.2, 0) is 0 Å². The fourth-order valence-electron chi connectivity index (χ4n) is 2.93. The molecule has 124 valence electrons. The highest BCUT2D eigenvalue weighted by atomic mass is 16.5. The minimum absolute atomic E-state index is 0.625. The van der Waals surface area contributed by atoms with Gasteiger partial charge < -0.3 is 4.74 Å². The number of pyridine rings is 2. The van der Waals surface area contributed by atoms with Crippen LogP contribution < -0.4 is 4.74 Å². The normalized spacial score (nSPS) is 11.6. The number of nitrogens with zero attached hydrogens (tertiary/aromatic N) is 4. The third kappa shape index (κ3) is 2.74. The van der Waals surface area contributed by atoms with Crippen LogP contribution in [-0.4, -0.2) is 26.7 Å². The van der Waals surface area contributed by atoms with Gasteiger partial charge in [-0.2, -0.15) is 0 Å². The molecule has 0 aliphatic rings. The number of para-hydroxylation sites is 1. The summed E-state index contributed by atoms with van der Waals surface area (Å²) in [7, 11) is 1.64. The van der Waals surface area contributed by atoms with Crippen LogP contribution >= 0.6 is 0 Å². The Balaban J connectivity index is 1.75. The lowest BCUT2D eigenvalue weighted by molar-refractivity contribution is 0.416. The van der Waals surface area contributed by atoms with Crippen molar-refractivity contribution < 1.29 is 4.74 Å². The van der Waals surface area contributed by atoms with Crippen LogP contribution in [0.5, 0.6) is 5.75 Å². The first kappa shape index (κ1) is 15.3. The van der Waals surface area contributed by atoms with E-state index in [-0.39, 0.29) is 0 Å². The second-order valence-electron chi connectivity index (χ2n) is 5.96. The number of ether oxygens (including phenoxy) is 1. The lowest BCUT2D eigenvalue weighted by atomic mass is 10.1. The fraction of sp³-hybridized carbons (Fsp3) is 0.150. The van der Waals surface area contributed by atoms with Gasteiger partial charge in [-0.05, 0) is 55.8 Å². The van der Waals surface area contributed by atoms with E-state index in [2.05, 4.69) is 34.1 Å². The van der Waals surface area contributed by atoms with Crippen LogP contribution in [0.25, 0.3) is 28.7 Å². The van der Waals surface area contributed by atoms with Crippen LogP contribution in [0.3, 0.4) is 0 Å². The molecule has 4 aromatic rings. The molecule has 3 aromatic heterocycles. The molecule has 1 aromatic carbocycles. The van der Waals surface area contributed by atoms with Crippen LogP contribution in [0.2, 0.25) is 0 Å². The molecule has 5 nitrogen and oxygen atoms in total. The first-order valence-corrected chi connectivity index (χ1v) is 8.10. The van der Waals surface area contributed by atoms with Crippen LogP contribution in [0.15, 0.2) is 42.5 Å². The number of aromatic nitrogens is 4. The van der Waals surface area contributed by atoms with E-state index in [9.17, 15) is 0 Å². The quantitative estimate of drug-likeness (QED) is 0.568. The monoisotopic (exact) mass is 330 g/mol. The standard InChI is InChI=1S/C20H18N4O/c1-13-12-15(21-17-7-5-4-6-16(13)17)9-11-19-22-20-18(25-3)10-8-14(2)24(20)23-19/h4-12H,1-3H3. The molecule has 3 heterocycles. The Labute approximate surface area is 145 Å². The zero-order chi connectivity index (χ0) is 17.4. The molecule has 4 rings (SSSR count). The highest BCUT2D eigenvalue weighted by molar-refractivity contribution is 5.84. The van der Waals surface area contributed by atoms with Crippen LogP contribution in [0.1, 0.15) is 22.8 Å². The predicted molar refractivity (Wildman–Crippen MR) is 99.7 cm³/mol. The lowest BCUT2D eigenvalue weighted by Gasteiger charge is -2.02. The van der Waals surface area contributed by atoms with Gasteiger partial charge in [0.1, 0.15) is 0 Å². The van der Waals surface area contributed by atoms with Crippen molar-refractivity contribution in [3.63, 3.8) is 0 Å². The Morgan fingerprint density at radius 3 is 2.68 bits per heavy atom. The maximum absolute atomic E-state index is 5.36. The number of aryl methyl sites for hydroxylation is 2. The van der Waals surface area contributed by atoms with E-state index in [0.717, 1.165) is 16.9 Å². The Kier molecular flexibility index (Phi) is 3.69. The Bertz CT molecular complexity index is 1110. The molecule has 0 bridgehead atoms. The van der Waals surface area contributed by atoms with E-state index in [1.165, 1.54) is 10.9 Å². The molecule has 0 saturated heterocycles. The third-order valence-corrected chi connectivity index (χ3v) is 4.22. The van der Waals surface area contributed by atoms with Crippen molar-refractivity contribution in [3.05, 3.63) is 65.2 Å². The molecule has 0 radical (unpaired) electrons. The van der Waals surface area contributed by atoms with E-state index in [4.69, 9.17) is 4.74 Å².